The Labute approximate surface area is 172 Å². The molecule has 0 spiro atoms. The second kappa shape index (κ2) is 7.66. The third-order valence-electron chi connectivity index (χ3n) is 6.71. The maximum Gasteiger partial charge on any atom is 0.258 e. The number of rotatable bonds is 4. The molecule has 0 unspecified atom stereocenters. The summed E-state index contributed by atoms with van der Waals surface area (Å²) in [7, 11) is 0. The fourth-order valence-corrected chi connectivity index (χ4v) is 4.77. The van der Waals surface area contributed by atoms with Crippen molar-refractivity contribution in [3.63, 3.8) is 0 Å². The summed E-state index contributed by atoms with van der Waals surface area (Å²) in [6.07, 6.45) is 6.32. The van der Waals surface area contributed by atoms with Gasteiger partial charge in [0, 0.05) is 36.8 Å². The number of carbonyl (C=O) groups excluding carboxylic acids is 2. The zero-order valence-corrected chi connectivity index (χ0v) is 16.8. The monoisotopic (exact) mass is 388 g/mol. The summed E-state index contributed by atoms with van der Waals surface area (Å²) < 4.78 is 0. The molecule has 3 aliphatic rings. The van der Waals surface area contributed by atoms with Gasteiger partial charge in [0.15, 0.2) is 0 Å². The molecular formula is C25H28N2O2. The van der Waals surface area contributed by atoms with Crippen LogP contribution in [0.15, 0.2) is 48.5 Å². The first-order chi connectivity index (χ1) is 14.2. The zero-order valence-electron chi connectivity index (χ0n) is 16.8. The van der Waals surface area contributed by atoms with Gasteiger partial charge in [0.25, 0.3) is 5.91 Å². The fourth-order valence-electron chi connectivity index (χ4n) is 4.77. The lowest BCUT2D eigenvalue weighted by Gasteiger charge is -2.32. The summed E-state index contributed by atoms with van der Waals surface area (Å²) in [5, 5.41) is 0. The van der Waals surface area contributed by atoms with Crippen LogP contribution in [0.5, 0.6) is 0 Å². The molecule has 0 bridgehead atoms. The number of benzene rings is 2. The average Bonchev–Trinajstić information content (AvgIpc) is 3.53. The lowest BCUT2D eigenvalue weighted by Crippen LogP contribution is -2.39. The zero-order chi connectivity index (χ0) is 19.8. The van der Waals surface area contributed by atoms with E-state index in [-0.39, 0.29) is 5.91 Å². The topological polar surface area (TPSA) is 40.6 Å². The third kappa shape index (κ3) is 3.81. The van der Waals surface area contributed by atoms with Gasteiger partial charge in [-0.25, -0.2) is 0 Å². The molecule has 0 radical (unpaired) electrons. The molecule has 2 aromatic rings. The summed E-state index contributed by atoms with van der Waals surface area (Å²) in [6.45, 7) is 2.58. The van der Waals surface area contributed by atoms with E-state index in [1.165, 1.54) is 11.1 Å². The maximum atomic E-state index is 13.0. The van der Waals surface area contributed by atoms with Crippen molar-refractivity contribution in [1.29, 1.82) is 0 Å². The molecule has 0 N–H and O–H groups in total. The van der Waals surface area contributed by atoms with Crippen LogP contribution in [0.2, 0.25) is 0 Å². The highest BCUT2D eigenvalue weighted by atomic mass is 16.2. The van der Waals surface area contributed by atoms with E-state index in [0.717, 1.165) is 69.4 Å². The number of amides is 2. The smallest absolute Gasteiger partial charge is 0.258 e. The Balaban J connectivity index is 1.18. The lowest BCUT2D eigenvalue weighted by atomic mass is 9.89. The molecule has 1 saturated carbocycles. The van der Waals surface area contributed by atoms with Crippen molar-refractivity contribution in [2.24, 2.45) is 11.8 Å². The van der Waals surface area contributed by atoms with Gasteiger partial charge in [-0.15, -0.1) is 0 Å². The van der Waals surface area contributed by atoms with Crippen LogP contribution in [0.4, 0.5) is 5.69 Å². The van der Waals surface area contributed by atoms with Crippen molar-refractivity contribution >= 4 is 17.5 Å². The Hall–Kier alpha value is -2.62. The quantitative estimate of drug-likeness (QED) is 0.792. The number of piperidine rings is 1. The Morgan fingerprint density at radius 3 is 2.31 bits per heavy atom. The van der Waals surface area contributed by atoms with Gasteiger partial charge in [-0.1, -0.05) is 30.3 Å². The van der Waals surface area contributed by atoms with Gasteiger partial charge in [0.2, 0.25) is 5.91 Å². The minimum absolute atomic E-state index is 0.0911. The highest BCUT2D eigenvalue weighted by molar-refractivity contribution is 6.07. The Morgan fingerprint density at radius 1 is 0.862 bits per heavy atom. The van der Waals surface area contributed by atoms with Crippen LogP contribution in [0.3, 0.4) is 0 Å². The van der Waals surface area contributed by atoms with E-state index in [2.05, 4.69) is 23.1 Å². The second-order valence-corrected chi connectivity index (χ2v) is 8.78. The molecule has 1 saturated heterocycles. The molecule has 4 heteroatoms. The number of para-hydroxylation sites is 1. The molecule has 2 heterocycles. The lowest BCUT2D eigenvalue weighted by molar-refractivity contribution is -0.133. The van der Waals surface area contributed by atoms with Crippen LogP contribution < -0.4 is 4.90 Å². The van der Waals surface area contributed by atoms with Gasteiger partial charge < -0.3 is 9.80 Å². The molecule has 2 fully saturated rings. The number of nitrogens with zero attached hydrogens (tertiary/aromatic N) is 2. The largest absolute Gasteiger partial charge is 0.342 e. The van der Waals surface area contributed by atoms with Crippen LogP contribution in [-0.4, -0.2) is 36.3 Å². The second-order valence-electron chi connectivity index (χ2n) is 8.78. The number of fused-ring (bicyclic) bond motifs is 1. The Kier molecular flexibility index (Phi) is 4.86. The number of likely N-dealkylation sites (tertiary alicyclic amines) is 1. The van der Waals surface area contributed by atoms with Gasteiger partial charge in [0.05, 0.1) is 0 Å². The van der Waals surface area contributed by atoms with Crippen LogP contribution in [0.25, 0.3) is 0 Å². The van der Waals surface area contributed by atoms with E-state index in [1.807, 2.05) is 35.2 Å². The standard InChI is InChI=1S/C25H28N2O2/c28-24(21-9-10-21)26-14-11-19(12-15-26)17-18-5-7-22(8-6-18)25(29)27-16-13-20-3-1-2-4-23(20)27/h1-8,19,21H,9-17H2. The molecule has 0 atom stereocenters. The first-order valence-electron chi connectivity index (χ1n) is 11.0. The molecular weight excluding hydrogens is 360 g/mol. The van der Waals surface area contributed by atoms with Gasteiger partial charge in [-0.2, -0.15) is 0 Å². The number of hydrogen-bond acceptors (Lipinski definition) is 2. The van der Waals surface area contributed by atoms with Crippen LogP contribution in [0, 0.1) is 11.8 Å². The number of anilines is 1. The predicted octanol–water partition coefficient (Wildman–Crippen LogP) is 4.08. The molecule has 2 amide bonds. The number of hydrogen-bond donors (Lipinski definition) is 0. The summed E-state index contributed by atoms with van der Waals surface area (Å²) in [6, 6.07) is 16.3. The number of carbonyl (C=O) groups is 2. The maximum absolute atomic E-state index is 13.0. The van der Waals surface area contributed by atoms with Gasteiger partial charge in [-0.05, 0) is 73.8 Å². The van der Waals surface area contributed by atoms with Crippen molar-refractivity contribution in [3.8, 4) is 0 Å². The van der Waals surface area contributed by atoms with Crippen molar-refractivity contribution < 1.29 is 9.59 Å². The van der Waals surface area contributed by atoms with Crippen molar-refractivity contribution in [2.75, 3.05) is 24.5 Å². The van der Waals surface area contributed by atoms with Gasteiger partial charge >= 0.3 is 0 Å². The molecule has 150 valence electrons. The highest BCUT2D eigenvalue weighted by Gasteiger charge is 2.34. The minimum Gasteiger partial charge on any atom is -0.342 e. The van der Waals surface area contributed by atoms with Crippen LogP contribution in [-0.2, 0) is 17.6 Å². The van der Waals surface area contributed by atoms with E-state index in [1.54, 1.807) is 0 Å². The van der Waals surface area contributed by atoms with E-state index >= 15 is 0 Å². The van der Waals surface area contributed by atoms with E-state index in [9.17, 15) is 9.59 Å². The average molecular weight is 389 g/mol. The van der Waals surface area contributed by atoms with Crippen molar-refractivity contribution in [3.05, 3.63) is 65.2 Å². The predicted molar refractivity (Wildman–Crippen MR) is 114 cm³/mol. The first kappa shape index (κ1) is 18.4. The van der Waals surface area contributed by atoms with Crippen LogP contribution >= 0.6 is 0 Å². The van der Waals surface area contributed by atoms with Crippen LogP contribution in [0.1, 0.15) is 47.2 Å². The molecule has 29 heavy (non-hydrogen) atoms. The SMILES string of the molecule is O=C(C1CC1)N1CCC(Cc2ccc(C(=O)N3CCc4ccccc43)cc2)CC1. The van der Waals surface area contributed by atoms with Crippen molar-refractivity contribution in [2.45, 2.75) is 38.5 Å². The summed E-state index contributed by atoms with van der Waals surface area (Å²) >= 11 is 0. The summed E-state index contributed by atoms with van der Waals surface area (Å²) in [5.41, 5.74) is 4.35. The molecule has 0 aromatic heterocycles. The molecule has 2 aliphatic heterocycles. The Morgan fingerprint density at radius 2 is 1.59 bits per heavy atom. The molecule has 2 aromatic carbocycles. The van der Waals surface area contributed by atoms with Crippen molar-refractivity contribution in [1.82, 2.24) is 4.90 Å². The highest BCUT2D eigenvalue weighted by Crippen LogP contribution is 2.33. The fraction of sp³-hybridized carbons (Fsp3) is 0.440. The van der Waals surface area contributed by atoms with Gasteiger partial charge in [-0.3, -0.25) is 9.59 Å². The molecule has 5 rings (SSSR count). The first-order valence-corrected chi connectivity index (χ1v) is 11.0. The van der Waals surface area contributed by atoms with E-state index in [4.69, 9.17) is 0 Å². The van der Waals surface area contributed by atoms with E-state index in [0.29, 0.717) is 17.7 Å². The third-order valence-corrected chi connectivity index (χ3v) is 6.71. The minimum atomic E-state index is 0.0911. The molecule has 4 nitrogen and oxygen atoms in total. The molecule has 1 aliphatic carbocycles. The Bertz CT molecular complexity index is 909. The summed E-state index contributed by atoms with van der Waals surface area (Å²) in [4.78, 5) is 29.1. The van der Waals surface area contributed by atoms with Gasteiger partial charge in [0.1, 0.15) is 0 Å². The summed E-state index contributed by atoms with van der Waals surface area (Å²) in [5.74, 6) is 1.44. The normalized spacial score (nSPS) is 19.3. The van der Waals surface area contributed by atoms with E-state index < -0.39 is 0 Å².